The van der Waals surface area contributed by atoms with Gasteiger partial charge in [-0.25, -0.2) is 0 Å². The van der Waals surface area contributed by atoms with E-state index in [2.05, 4.69) is 9.80 Å². The molecule has 1 heterocycles. The van der Waals surface area contributed by atoms with E-state index < -0.39 is 0 Å². The maximum atomic E-state index is 11.3. The van der Waals surface area contributed by atoms with Crippen molar-refractivity contribution >= 4 is 17.3 Å². The van der Waals surface area contributed by atoms with Crippen LogP contribution in [0.2, 0.25) is 0 Å². The van der Waals surface area contributed by atoms with Gasteiger partial charge in [0.25, 0.3) is 0 Å². The molecule has 0 bridgehead atoms. The van der Waals surface area contributed by atoms with E-state index in [1.807, 2.05) is 4.90 Å². The van der Waals surface area contributed by atoms with Crippen LogP contribution in [0.1, 0.15) is 20.8 Å². The summed E-state index contributed by atoms with van der Waals surface area (Å²) in [6.45, 7) is 11.6. The van der Waals surface area contributed by atoms with Crippen LogP contribution in [0.3, 0.4) is 0 Å². The molecule has 0 aromatic rings. The normalized spacial score (nSPS) is 18.5. The molecule has 0 unspecified atom stereocenters. The molecule has 0 aromatic heterocycles. The van der Waals surface area contributed by atoms with E-state index in [-0.39, 0.29) is 50.1 Å². The van der Waals surface area contributed by atoms with Gasteiger partial charge >= 0.3 is 0 Å². The maximum absolute atomic E-state index is 11.3. The van der Waals surface area contributed by atoms with Crippen LogP contribution in [-0.2, 0) is 47.1 Å². The molecule has 1 radical (unpaired) electrons. The van der Waals surface area contributed by atoms with Gasteiger partial charge in [-0.05, 0) is 33.9 Å². The number of Topliss-reactive ketones (excluding diaryl/α,β-unsaturated/α-hetero) is 3. The van der Waals surface area contributed by atoms with Gasteiger partial charge in [0.05, 0.1) is 13.1 Å². The molecule has 0 amide bonds. The number of carbonyl (C=O) groups is 3. The average molecular weight is 385 g/mol. The Morgan fingerprint density at radius 3 is 1.45 bits per heavy atom. The first-order chi connectivity index (χ1) is 9.86. The second kappa shape index (κ2) is 11.4. The Hall–Kier alpha value is -0.136. The zero-order valence-corrected chi connectivity index (χ0v) is 16.7. The molecule has 1 aliphatic rings. The molecule has 0 aromatic carbocycles. The van der Waals surface area contributed by atoms with Crippen LogP contribution in [0.4, 0.5) is 0 Å². The summed E-state index contributed by atoms with van der Waals surface area (Å²) in [5, 5.41) is 0. The molecule has 7 heteroatoms. The monoisotopic (exact) mass is 385 g/mol. The zero-order chi connectivity index (χ0) is 15.8. The van der Waals surface area contributed by atoms with Crippen LogP contribution >= 0.6 is 0 Å². The Labute approximate surface area is 158 Å². The second-order valence-electron chi connectivity index (χ2n) is 5.73. The number of hydrogen-bond acceptors (Lipinski definition) is 6. The standard InChI is InChI=1S/C15H26N3O3.Y/c1-13(19)10-16-4-6-17(11-14(2)20)8-9-18(7-5-16)12-15(3)21;/h10H,4-9,11-12H2,1-3H3;/q-1;. The SMILES string of the molecule is CC(=O)[CH-]N1CCN(CC(C)=O)CCN(CC(C)=O)CC1.[Y]. The smallest absolute Gasteiger partial charge is 0.143 e. The first kappa shape index (κ1) is 21.9. The average Bonchev–Trinajstić information content (AvgIpc) is 2.42. The molecule has 1 rings (SSSR count). The molecular formula is C15H26N3O3Y-. The van der Waals surface area contributed by atoms with E-state index in [1.54, 1.807) is 20.4 Å². The van der Waals surface area contributed by atoms with Gasteiger partial charge in [-0.3, -0.25) is 25.9 Å². The van der Waals surface area contributed by atoms with Crippen LogP contribution in [0.15, 0.2) is 0 Å². The quantitative estimate of drug-likeness (QED) is 0.592. The third-order valence-electron chi connectivity index (χ3n) is 3.40. The van der Waals surface area contributed by atoms with Gasteiger partial charge in [0.15, 0.2) is 0 Å². The fraction of sp³-hybridized carbons (Fsp3) is 0.733. The molecule has 0 N–H and O–H groups in total. The summed E-state index contributed by atoms with van der Waals surface area (Å²) >= 11 is 0. The van der Waals surface area contributed by atoms with Crippen LogP contribution in [0, 0.1) is 6.54 Å². The summed E-state index contributed by atoms with van der Waals surface area (Å²) in [7, 11) is 0. The topological polar surface area (TPSA) is 60.9 Å². The van der Waals surface area contributed by atoms with E-state index in [0.717, 1.165) is 39.3 Å². The molecule has 0 aliphatic carbocycles. The summed E-state index contributed by atoms with van der Waals surface area (Å²) in [5.74, 6) is 0.286. The predicted molar refractivity (Wildman–Crippen MR) is 80.8 cm³/mol. The first-order valence-electron chi connectivity index (χ1n) is 7.40. The fourth-order valence-corrected chi connectivity index (χ4v) is 2.49. The van der Waals surface area contributed by atoms with Gasteiger partial charge in [0, 0.05) is 64.7 Å². The Bertz CT molecular complexity index is 321. The van der Waals surface area contributed by atoms with Crippen molar-refractivity contribution in [2.45, 2.75) is 20.8 Å². The molecule has 22 heavy (non-hydrogen) atoms. The second-order valence-corrected chi connectivity index (χ2v) is 5.73. The summed E-state index contributed by atoms with van der Waals surface area (Å²) in [5.41, 5.74) is 0. The zero-order valence-electron chi connectivity index (χ0n) is 13.9. The van der Waals surface area contributed by atoms with E-state index in [4.69, 9.17) is 0 Å². The summed E-state index contributed by atoms with van der Waals surface area (Å²) in [4.78, 5) is 40.1. The van der Waals surface area contributed by atoms with E-state index in [9.17, 15) is 14.4 Å². The molecule has 1 fully saturated rings. The van der Waals surface area contributed by atoms with Gasteiger partial charge in [-0.1, -0.05) is 0 Å². The maximum Gasteiger partial charge on any atom is 0.143 e. The first-order valence-corrected chi connectivity index (χ1v) is 7.40. The molecule has 123 valence electrons. The Morgan fingerprint density at radius 2 is 1.14 bits per heavy atom. The summed E-state index contributed by atoms with van der Waals surface area (Å²) in [6.07, 6.45) is 0. The van der Waals surface area contributed by atoms with Crippen LogP contribution in [-0.4, -0.2) is 84.4 Å². The summed E-state index contributed by atoms with van der Waals surface area (Å²) in [6, 6.07) is 0. The fourth-order valence-electron chi connectivity index (χ4n) is 2.49. The predicted octanol–water partition coefficient (Wildman–Crippen LogP) is -0.168. The van der Waals surface area contributed by atoms with Crippen molar-refractivity contribution in [2.24, 2.45) is 0 Å². The van der Waals surface area contributed by atoms with Crippen molar-refractivity contribution in [2.75, 3.05) is 52.4 Å². The molecule has 0 atom stereocenters. The number of rotatable bonds is 6. The Kier molecular flexibility index (Phi) is 11.3. The number of hydrogen-bond donors (Lipinski definition) is 0. The molecule has 0 saturated carbocycles. The molecule has 1 aliphatic heterocycles. The van der Waals surface area contributed by atoms with Gasteiger partial charge in [-0.2, -0.15) is 0 Å². The van der Waals surface area contributed by atoms with Crippen molar-refractivity contribution in [3.8, 4) is 0 Å². The van der Waals surface area contributed by atoms with Crippen LogP contribution in [0.5, 0.6) is 0 Å². The van der Waals surface area contributed by atoms with Gasteiger partial charge in [0.1, 0.15) is 11.6 Å². The third-order valence-corrected chi connectivity index (χ3v) is 3.40. The van der Waals surface area contributed by atoms with E-state index >= 15 is 0 Å². The molecular weight excluding hydrogens is 359 g/mol. The number of nitrogens with zero attached hydrogens (tertiary/aromatic N) is 3. The van der Waals surface area contributed by atoms with Crippen LogP contribution in [0.25, 0.3) is 0 Å². The molecule has 6 nitrogen and oxygen atoms in total. The minimum Gasteiger partial charge on any atom is -0.432 e. The van der Waals surface area contributed by atoms with E-state index in [1.165, 1.54) is 6.92 Å². The number of carbonyl (C=O) groups excluding carboxylic acids is 3. The van der Waals surface area contributed by atoms with Crippen molar-refractivity contribution in [1.82, 2.24) is 14.7 Å². The minimum absolute atomic E-state index is 0. The van der Waals surface area contributed by atoms with Crippen molar-refractivity contribution in [3.63, 3.8) is 0 Å². The number of ketones is 3. The molecule has 1 saturated heterocycles. The Balaban J connectivity index is 0.00000441. The van der Waals surface area contributed by atoms with Crippen LogP contribution < -0.4 is 0 Å². The van der Waals surface area contributed by atoms with Gasteiger partial charge in [-0.15, -0.1) is 0 Å². The van der Waals surface area contributed by atoms with Crippen molar-refractivity contribution in [1.29, 1.82) is 0 Å². The summed E-state index contributed by atoms with van der Waals surface area (Å²) < 4.78 is 0. The van der Waals surface area contributed by atoms with Crippen molar-refractivity contribution in [3.05, 3.63) is 6.54 Å². The van der Waals surface area contributed by atoms with Gasteiger partial charge < -0.3 is 9.69 Å². The van der Waals surface area contributed by atoms with E-state index in [0.29, 0.717) is 13.1 Å². The van der Waals surface area contributed by atoms with Gasteiger partial charge in [0.2, 0.25) is 0 Å². The molecule has 0 spiro atoms. The van der Waals surface area contributed by atoms with Crippen molar-refractivity contribution < 1.29 is 47.1 Å². The Morgan fingerprint density at radius 1 is 0.773 bits per heavy atom. The minimum atomic E-state index is 0. The third kappa shape index (κ3) is 9.79. The largest absolute Gasteiger partial charge is 0.432 e.